The van der Waals surface area contributed by atoms with E-state index in [4.69, 9.17) is 21.4 Å². The van der Waals surface area contributed by atoms with Crippen LogP contribution < -0.4 is 15.0 Å². The van der Waals surface area contributed by atoms with Gasteiger partial charge in [-0.25, -0.2) is 0 Å². The van der Waals surface area contributed by atoms with Crippen LogP contribution in [0.1, 0.15) is 5.56 Å². The summed E-state index contributed by atoms with van der Waals surface area (Å²) in [4.78, 5) is 35.7. The van der Waals surface area contributed by atoms with Gasteiger partial charge in [0.2, 0.25) is 0 Å². The number of benzene rings is 2. The average Bonchev–Trinajstić information content (AvgIpc) is 2.68. The third-order valence-electron chi connectivity index (χ3n) is 3.79. The normalized spacial score (nSPS) is 11.3. The molecular weight excluding hydrogens is 400 g/mol. The Morgan fingerprint density at radius 3 is 2.45 bits per heavy atom. The lowest BCUT2D eigenvalue weighted by atomic mass is 10.1. The molecule has 2 aromatic carbocycles. The van der Waals surface area contributed by atoms with Gasteiger partial charge < -0.3 is 25.2 Å². The number of aliphatic hydroxyl groups is 1. The van der Waals surface area contributed by atoms with E-state index in [1.807, 2.05) is 5.32 Å². The Kier molecular flexibility index (Phi) is 7.21. The standard InChI is InChI=1S/C20H19ClN2O6/c1-23(2)16-9-12(29-17-6-4-3-5-15(17)21)7-8-13(16)19(27)14(11-24)20(28)22-10-18(25)26/h3-9,11,27H,10H2,1-2H3,(H,22,28)(H,25,26)/b19-14-. The number of carbonyl (C=O) groups excluding carboxylic acids is 2. The van der Waals surface area contributed by atoms with Crippen molar-refractivity contribution in [3.05, 3.63) is 58.6 Å². The summed E-state index contributed by atoms with van der Waals surface area (Å²) in [5, 5.41) is 21.6. The van der Waals surface area contributed by atoms with Crippen LogP contribution in [-0.4, -0.2) is 49.0 Å². The van der Waals surface area contributed by atoms with Crippen molar-refractivity contribution in [1.82, 2.24) is 5.32 Å². The number of para-hydroxylation sites is 1. The molecule has 9 heteroatoms. The summed E-state index contributed by atoms with van der Waals surface area (Å²) in [6.07, 6.45) is 0.167. The summed E-state index contributed by atoms with van der Waals surface area (Å²) in [5.41, 5.74) is 0.0562. The lowest BCUT2D eigenvalue weighted by Crippen LogP contribution is -2.31. The van der Waals surface area contributed by atoms with E-state index in [-0.39, 0.29) is 11.8 Å². The molecule has 0 aliphatic heterocycles. The van der Waals surface area contributed by atoms with Gasteiger partial charge in [-0.15, -0.1) is 0 Å². The number of carbonyl (C=O) groups is 3. The third kappa shape index (κ3) is 5.49. The molecule has 0 heterocycles. The van der Waals surface area contributed by atoms with Crippen LogP contribution in [0.4, 0.5) is 5.69 Å². The Hall–Kier alpha value is -3.52. The highest BCUT2D eigenvalue weighted by Crippen LogP contribution is 2.34. The van der Waals surface area contributed by atoms with Crippen molar-refractivity contribution in [3.63, 3.8) is 0 Å². The van der Waals surface area contributed by atoms with Crippen molar-refractivity contribution in [1.29, 1.82) is 0 Å². The van der Waals surface area contributed by atoms with Gasteiger partial charge in [0.05, 0.1) is 10.7 Å². The zero-order chi connectivity index (χ0) is 21.6. The highest BCUT2D eigenvalue weighted by atomic mass is 35.5. The number of hydrogen-bond acceptors (Lipinski definition) is 6. The second-order valence-electron chi connectivity index (χ2n) is 6.06. The monoisotopic (exact) mass is 418 g/mol. The van der Waals surface area contributed by atoms with E-state index < -0.39 is 29.8 Å². The van der Waals surface area contributed by atoms with Crippen LogP contribution in [0.15, 0.2) is 48.0 Å². The number of aldehydes is 1. The van der Waals surface area contributed by atoms with Crippen LogP contribution >= 0.6 is 11.6 Å². The molecule has 2 rings (SSSR count). The molecule has 0 aliphatic rings. The van der Waals surface area contributed by atoms with Crippen molar-refractivity contribution in [2.24, 2.45) is 0 Å². The molecule has 0 saturated heterocycles. The number of rotatable bonds is 8. The number of amides is 1. The van der Waals surface area contributed by atoms with E-state index in [1.165, 1.54) is 6.07 Å². The summed E-state index contributed by atoms with van der Waals surface area (Å²) in [6.45, 7) is -0.686. The molecule has 0 aliphatic carbocycles. The molecule has 1 amide bonds. The summed E-state index contributed by atoms with van der Waals surface area (Å²) < 4.78 is 5.76. The Balaban J connectivity index is 2.43. The molecule has 0 fully saturated rings. The predicted octanol–water partition coefficient (Wildman–Crippen LogP) is 2.87. The van der Waals surface area contributed by atoms with Gasteiger partial charge in [0.25, 0.3) is 5.91 Å². The smallest absolute Gasteiger partial charge is 0.322 e. The van der Waals surface area contributed by atoms with E-state index in [9.17, 15) is 19.5 Å². The van der Waals surface area contributed by atoms with Gasteiger partial charge >= 0.3 is 5.97 Å². The van der Waals surface area contributed by atoms with Gasteiger partial charge in [0.15, 0.2) is 6.29 Å². The van der Waals surface area contributed by atoms with Crippen molar-refractivity contribution in [3.8, 4) is 11.5 Å². The molecule has 0 aromatic heterocycles. The van der Waals surface area contributed by atoms with Crippen molar-refractivity contribution in [2.45, 2.75) is 0 Å². The molecule has 0 atom stereocenters. The molecule has 0 bridgehead atoms. The molecule has 2 aromatic rings. The quantitative estimate of drug-likeness (QED) is 0.198. The van der Waals surface area contributed by atoms with Crippen molar-refractivity contribution >= 4 is 41.2 Å². The molecule has 0 unspecified atom stereocenters. The molecule has 8 nitrogen and oxygen atoms in total. The minimum Gasteiger partial charge on any atom is -0.506 e. The second-order valence-corrected chi connectivity index (χ2v) is 6.47. The highest BCUT2D eigenvalue weighted by Gasteiger charge is 2.20. The Morgan fingerprint density at radius 1 is 1.17 bits per heavy atom. The molecule has 3 N–H and O–H groups in total. The molecular formula is C20H19ClN2O6. The SMILES string of the molecule is CN(C)c1cc(Oc2ccccc2Cl)ccc1/C(O)=C(\C=O)C(=O)NCC(=O)O. The van der Waals surface area contributed by atoms with Gasteiger partial charge in [-0.1, -0.05) is 23.7 Å². The van der Waals surface area contributed by atoms with Crippen LogP contribution in [0.2, 0.25) is 5.02 Å². The number of aliphatic hydroxyl groups excluding tert-OH is 1. The van der Waals surface area contributed by atoms with E-state index >= 15 is 0 Å². The molecule has 0 saturated carbocycles. The summed E-state index contributed by atoms with van der Waals surface area (Å²) in [7, 11) is 3.41. The first-order chi connectivity index (χ1) is 13.7. The minimum atomic E-state index is -1.28. The molecule has 29 heavy (non-hydrogen) atoms. The zero-order valence-corrected chi connectivity index (χ0v) is 16.4. The van der Waals surface area contributed by atoms with Gasteiger partial charge in [0, 0.05) is 25.7 Å². The lowest BCUT2D eigenvalue weighted by molar-refractivity contribution is -0.137. The van der Waals surface area contributed by atoms with Crippen LogP contribution in [-0.2, 0) is 14.4 Å². The van der Waals surface area contributed by atoms with E-state index in [0.29, 0.717) is 22.2 Å². The van der Waals surface area contributed by atoms with Crippen LogP contribution in [0.25, 0.3) is 5.76 Å². The van der Waals surface area contributed by atoms with Gasteiger partial charge in [-0.05, 0) is 24.3 Å². The number of halogens is 1. The van der Waals surface area contributed by atoms with Gasteiger partial charge in [-0.3, -0.25) is 14.4 Å². The Bertz CT molecular complexity index is 971. The van der Waals surface area contributed by atoms with Crippen molar-refractivity contribution < 1.29 is 29.3 Å². The second kappa shape index (κ2) is 9.61. The summed E-state index contributed by atoms with van der Waals surface area (Å²) in [5.74, 6) is -2.01. The highest BCUT2D eigenvalue weighted by molar-refractivity contribution is 6.32. The van der Waals surface area contributed by atoms with Crippen molar-refractivity contribution in [2.75, 3.05) is 25.5 Å². The maximum Gasteiger partial charge on any atom is 0.322 e. The maximum absolute atomic E-state index is 12.0. The minimum absolute atomic E-state index is 0.167. The van der Waals surface area contributed by atoms with Gasteiger partial charge in [-0.2, -0.15) is 0 Å². The van der Waals surface area contributed by atoms with Gasteiger partial charge in [0.1, 0.15) is 29.4 Å². The van der Waals surface area contributed by atoms with Crippen LogP contribution in [0, 0.1) is 0 Å². The number of anilines is 1. The predicted molar refractivity (Wildman–Crippen MR) is 109 cm³/mol. The first-order valence-electron chi connectivity index (χ1n) is 8.37. The fourth-order valence-electron chi connectivity index (χ4n) is 2.41. The number of aliphatic carboxylic acids is 1. The maximum atomic E-state index is 12.0. The first-order valence-corrected chi connectivity index (χ1v) is 8.75. The number of nitrogens with one attached hydrogen (secondary N) is 1. The summed E-state index contributed by atoms with van der Waals surface area (Å²) >= 11 is 6.10. The third-order valence-corrected chi connectivity index (χ3v) is 4.10. The number of carboxylic acids is 1. The number of carboxylic acid groups (broad SMARTS) is 1. The largest absolute Gasteiger partial charge is 0.506 e. The Labute approximate surface area is 172 Å². The Morgan fingerprint density at radius 2 is 1.86 bits per heavy atom. The van der Waals surface area contributed by atoms with E-state index in [1.54, 1.807) is 55.4 Å². The fraction of sp³-hybridized carbons (Fsp3) is 0.150. The lowest BCUT2D eigenvalue weighted by Gasteiger charge is -2.19. The number of nitrogens with zero attached hydrogens (tertiary/aromatic N) is 1. The molecule has 0 radical (unpaired) electrons. The number of ether oxygens (including phenoxy) is 1. The van der Waals surface area contributed by atoms with E-state index in [2.05, 4.69) is 0 Å². The zero-order valence-electron chi connectivity index (χ0n) is 15.7. The summed E-state index contributed by atoms with van der Waals surface area (Å²) in [6, 6.07) is 11.5. The number of hydrogen-bond donors (Lipinski definition) is 3. The van der Waals surface area contributed by atoms with E-state index in [0.717, 1.165) is 0 Å². The van der Waals surface area contributed by atoms with Crippen LogP contribution in [0.5, 0.6) is 11.5 Å². The fourth-order valence-corrected chi connectivity index (χ4v) is 2.59. The van der Waals surface area contributed by atoms with Crippen LogP contribution in [0.3, 0.4) is 0 Å². The molecule has 0 spiro atoms. The molecule has 152 valence electrons. The first kappa shape index (κ1) is 21.8. The topological polar surface area (TPSA) is 116 Å². The average molecular weight is 419 g/mol.